The Labute approximate surface area is 121 Å². The van der Waals surface area contributed by atoms with Crippen molar-refractivity contribution in [3.8, 4) is 0 Å². The molecule has 1 aromatic carbocycles. The predicted octanol–water partition coefficient (Wildman–Crippen LogP) is 4.20. The van der Waals surface area contributed by atoms with Crippen LogP contribution in [0, 0.1) is 0 Å². The average Bonchev–Trinajstić information content (AvgIpc) is 2.83. The summed E-state index contributed by atoms with van der Waals surface area (Å²) in [6.07, 6.45) is 3.53. The number of nitrogen functional groups attached to an aromatic ring is 1. The fourth-order valence-electron chi connectivity index (χ4n) is 2.35. The van der Waals surface area contributed by atoms with Crippen LogP contribution >= 0.6 is 23.2 Å². The maximum atomic E-state index is 6.10. The van der Waals surface area contributed by atoms with E-state index in [1.54, 1.807) is 6.07 Å². The van der Waals surface area contributed by atoms with E-state index in [9.17, 15) is 0 Å². The first kappa shape index (κ1) is 12.6. The zero-order valence-corrected chi connectivity index (χ0v) is 11.7. The van der Waals surface area contributed by atoms with Crippen molar-refractivity contribution in [2.75, 3.05) is 11.1 Å². The van der Waals surface area contributed by atoms with E-state index in [4.69, 9.17) is 28.9 Å². The van der Waals surface area contributed by atoms with E-state index < -0.39 is 0 Å². The largest absolute Gasteiger partial charge is 0.382 e. The molecule has 0 atom stereocenters. The lowest BCUT2D eigenvalue weighted by molar-refractivity contribution is 0.912. The summed E-state index contributed by atoms with van der Waals surface area (Å²) >= 11 is 12.0. The fourth-order valence-corrected chi connectivity index (χ4v) is 2.76. The molecule has 0 radical (unpaired) electrons. The van der Waals surface area contributed by atoms with Crippen LogP contribution in [0.15, 0.2) is 24.3 Å². The van der Waals surface area contributed by atoms with Gasteiger partial charge in [-0.25, -0.2) is 4.98 Å². The van der Waals surface area contributed by atoms with Crippen molar-refractivity contribution in [3.05, 3.63) is 45.4 Å². The molecule has 0 fully saturated rings. The number of hydrogen-bond donors (Lipinski definition) is 2. The van der Waals surface area contributed by atoms with Crippen LogP contribution in [0.2, 0.25) is 10.0 Å². The number of anilines is 3. The highest BCUT2D eigenvalue weighted by Crippen LogP contribution is 2.31. The van der Waals surface area contributed by atoms with Crippen LogP contribution in [0.4, 0.5) is 17.3 Å². The van der Waals surface area contributed by atoms with Gasteiger partial charge >= 0.3 is 0 Å². The first-order valence-electron chi connectivity index (χ1n) is 6.14. The molecule has 2 aromatic rings. The number of pyridine rings is 1. The van der Waals surface area contributed by atoms with Gasteiger partial charge in [0.1, 0.15) is 5.82 Å². The highest BCUT2D eigenvalue weighted by Gasteiger charge is 2.12. The highest BCUT2D eigenvalue weighted by atomic mass is 35.5. The Balaban J connectivity index is 1.91. The second kappa shape index (κ2) is 4.91. The van der Waals surface area contributed by atoms with Crippen LogP contribution in [-0.2, 0) is 12.8 Å². The summed E-state index contributed by atoms with van der Waals surface area (Å²) in [5.74, 6) is 0.802. The zero-order chi connectivity index (χ0) is 13.4. The van der Waals surface area contributed by atoms with Gasteiger partial charge in [0, 0.05) is 5.69 Å². The molecule has 0 unspecified atom stereocenters. The third-order valence-electron chi connectivity index (χ3n) is 3.32. The number of nitrogens with one attached hydrogen (secondary N) is 1. The Morgan fingerprint density at radius 1 is 1.05 bits per heavy atom. The number of aryl methyl sites for hydroxylation is 2. The van der Waals surface area contributed by atoms with Crippen molar-refractivity contribution in [2.24, 2.45) is 0 Å². The summed E-state index contributed by atoms with van der Waals surface area (Å²) in [4.78, 5) is 4.16. The summed E-state index contributed by atoms with van der Waals surface area (Å²) < 4.78 is 0. The molecule has 1 aliphatic carbocycles. The number of nitrogens with two attached hydrogens (primary N) is 1. The standard InChI is InChI=1S/C14H13Cl2N3/c15-11-7-12(16)14(19-13(11)17)18-10-5-4-8-2-1-3-9(8)6-10/h4-7H,1-3H2,(H3,17,18,19). The van der Waals surface area contributed by atoms with E-state index in [2.05, 4.69) is 22.4 Å². The van der Waals surface area contributed by atoms with Crippen LogP contribution in [-0.4, -0.2) is 4.98 Å². The lowest BCUT2D eigenvalue weighted by Crippen LogP contribution is -1.99. The van der Waals surface area contributed by atoms with Gasteiger partial charge in [-0.15, -0.1) is 0 Å². The van der Waals surface area contributed by atoms with E-state index >= 15 is 0 Å². The summed E-state index contributed by atoms with van der Waals surface area (Å²) in [5, 5.41) is 4.01. The number of halogens is 2. The summed E-state index contributed by atoms with van der Waals surface area (Å²) in [6.45, 7) is 0. The van der Waals surface area contributed by atoms with Gasteiger partial charge in [-0.3, -0.25) is 0 Å². The lowest BCUT2D eigenvalue weighted by Gasteiger charge is -2.10. The third kappa shape index (κ3) is 2.48. The van der Waals surface area contributed by atoms with E-state index in [0.29, 0.717) is 15.9 Å². The number of benzene rings is 1. The maximum absolute atomic E-state index is 6.10. The minimum absolute atomic E-state index is 0.273. The summed E-state index contributed by atoms with van der Waals surface area (Å²) in [7, 11) is 0. The van der Waals surface area contributed by atoms with Crippen LogP contribution in [0.1, 0.15) is 17.5 Å². The van der Waals surface area contributed by atoms with E-state index in [1.807, 2.05) is 6.07 Å². The second-order valence-electron chi connectivity index (χ2n) is 4.65. The molecule has 1 heterocycles. The van der Waals surface area contributed by atoms with Crippen molar-refractivity contribution in [1.82, 2.24) is 4.98 Å². The molecule has 0 amide bonds. The van der Waals surface area contributed by atoms with Crippen molar-refractivity contribution in [2.45, 2.75) is 19.3 Å². The Bertz CT molecular complexity index is 641. The van der Waals surface area contributed by atoms with Gasteiger partial charge < -0.3 is 11.1 Å². The molecule has 3 rings (SSSR count). The quantitative estimate of drug-likeness (QED) is 0.872. The predicted molar refractivity (Wildman–Crippen MR) is 80.4 cm³/mol. The van der Waals surface area contributed by atoms with Gasteiger partial charge in [-0.1, -0.05) is 29.3 Å². The normalized spacial score (nSPS) is 13.4. The molecule has 5 heteroatoms. The smallest absolute Gasteiger partial charge is 0.151 e. The topological polar surface area (TPSA) is 50.9 Å². The molecular weight excluding hydrogens is 281 g/mol. The molecule has 0 saturated carbocycles. The number of hydrogen-bond acceptors (Lipinski definition) is 3. The fraction of sp³-hybridized carbons (Fsp3) is 0.214. The van der Waals surface area contributed by atoms with E-state index in [1.165, 1.54) is 24.0 Å². The molecule has 19 heavy (non-hydrogen) atoms. The van der Waals surface area contributed by atoms with Gasteiger partial charge in [-0.05, 0) is 48.6 Å². The van der Waals surface area contributed by atoms with Gasteiger partial charge in [0.25, 0.3) is 0 Å². The average molecular weight is 294 g/mol. The summed E-state index contributed by atoms with van der Waals surface area (Å²) in [5.41, 5.74) is 9.48. The Morgan fingerprint density at radius 2 is 1.84 bits per heavy atom. The molecule has 3 N–H and O–H groups in total. The first-order valence-corrected chi connectivity index (χ1v) is 6.89. The number of fused-ring (bicyclic) bond motifs is 1. The molecule has 0 spiro atoms. The van der Waals surface area contributed by atoms with Crippen molar-refractivity contribution < 1.29 is 0 Å². The molecule has 1 aliphatic rings. The monoisotopic (exact) mass is 293 g/mol. The molecular formula is C14H13Cl2N3. The first-order chi connectivity index (χ1) is 9.13. The van der Waals surface area contributed by atoms with Crippen LogP contribution in [0.5, 0.6) is 0 Å². The molecule has 0 saturated heterocycles. The molecule has 0 aliphatic heterocycles. The third-order valence-corrected chi connectivity index (χ3v) is 3.91. The van der Waals surface area contributed by atoms with Crippen molar-refractivity contribution in [3.63, 3.8) is 0 Å². The van der Waals surface area contributed by atoms with Gasteiger partial charge in [0.2, 0.25) is 0 Å². The van der Waals surface area contributed by atoms with Gasteiger partial charge in [0.05, 0.1) is 10.0 Å². The van der Waals surface area contributed by atoms with Crippen LogP contribution in [0.25, 0.3) is 0 Å². The second-order valence-corrected chi connectivity index (χ2v) is 5.46. The van der Waals surface area contributed by atoms with Gasteiger partial charge in [-0.2, -0.15) is 0 Å². The molecule has 1 aromatic heterocycles. The van der Waals surface area contributed by atoms with Crippen LogP contribution < -0.4 is 11.1 Å². The number of nitrogens with zero attached hydrogens (tertiary/aromatic N) is 1. The van der Waals surface area contributed by atoms with E-state index in [0.717, 1.165) is 12.1 Å². The SMILES string of the molecule is Nc1nc(Nc2ccc3c(c2)CCC3)c(Cl)cc1Cl. The molecule has 3 nitrogen and oxygen atoms in total. The maximum Gasteiger partial charge on any atom is 0.151 e. The Kier molecular flexibility index (Phi) is 3.25. The van der Waals surface area contributed by atoms with Gasteiger partial charge in [0.15, 0.2) is 5.82 Å². The lowest BCUT2D eigenvalue weighted by atomic mass is 10.1. The van der Waals surface area contributed by atoms with Crippen molar-refractivity contribution >= 4 is 40.5 Å². The minimum atomic E-state index is 0.273. The highest BCUT2D eigenvalue weighted by molar-refractivity contribution is 6.37. The molecule has 98 valence electrons. The Morgan fingerprint density at radius 3 is 2.68 bits per heavy atom. The van der Waals surface area contributed by atoms with E-state index in [-0.39, 0.29) is 5.82 Å². The number of aromatic nitrogens is 1. The zero-order valence-electron chi connectivity index (χ0n) is 10.2. The van der Waals surface area contributed by atoms with Crippen LogP contribution in [0.3, 0.4) is 0 Å². The number of rotatable bonds is 2. The summed E-state index contributed by atoms with van der Waals surface area (Å²) in [6, 6.07) is 7.93. The minimum Gasteiger partial charge on any atom is -0.382 e. The van der Waals surface area contributed by atoms with Crippen molar-refractivity contribution in [1.29, 1.82) is 0 Å². The molecule has 0 bridgehead atoms. The Hall–Kier alpha value is -1.45.